The van der Waals surface area contributed by atoms with Crippen molar-refractivity contribution in [3.8, 4) is 0 Å². The van der Waals surface area contributed by atoms with Gasteiger partial charge in [0.25, 0.3) is 0 Å². The van der Waals surface area contributed by atoms with Crippen LogP contribution in [0.15, 0.2) is 24.3 Å². The summed E-state index contributed by atoms with van der Waals surface area (Å²) >= 11 is 8.35. The number of nitrogens with one attached hydrogen (secondary N) is 1. The fourth-order valence-corrected chi connectivity index (χ4v) is 4.57. The molecule has 112 valence electrons. The van der Waals surface area contributed by atoms with Crippen molar-refractivity contribution in [2.45, 2.75) is 62.5 Å². The summed E-state index contributed by atoms with van der Waals surface area (Å²) < 4.78 is 0. The van der Waals surface area contributed by atoms with Crippen molar-refractivity contribution >= 4 is 23.4 Å². The molecule has 1 aromatic rings. The van der Waals surface area contributed by atoms with Crippen molar-refractivity contribution in [1.29, 1.82) is 0 Å². The maximum absolute atomic E-state index is 6.27. The molecule has 0 saturated heterocycles. The fourth-order valence-electron chi connectivity index (χ4n) is 2.85. The van der Waals surface area contributed by atoms with E-state index in [1.165, 1.54) is 44.1 Å². The van der Waals surface area contributed by atoms with Gasteiger partial charge in [0.1, 0.15) is 0 Å². The predicted octanol–water partition coefficient (Wildman–Crippen LogP) is 5.27. The van der Waals surface area contributed by atoms with E-state index in [1.54, 1.807) is 0 Å². The number of halogens is 1. The Morgan fingerprint density at radius 1 is 1.20 bits per heavy atom. The predicted molar refractivity (Wildman–Crippen MR) is 91.7 cm³/mol. The van der Waals surface area contributed by atoms with Crippen molar-refractivity contribution < 1.29 is 0 Å². The monoisotopic (exact) mass is 311 g/mol. The zero-order valence-electron chi connectivity index (χ0n) is 12.4. The second-order valence-corrected chi connectivity index (χ2v) is 7.27. The topological polar surface area (TPSA) is 12.0 Å². The molecule has 0 aromatic heterocycles. The van der Waals surface area contributed by atoms with Crippen LogP contribution in [0.5, 0.6) is 0 Å². The Morgan fingerprint density at radius 3 is 2.80 bits per heavy atom. The molecule has 0 amide bonds. The molecule has 1 N–H and O–H groups in total. The summed E-state index contributed by atoms with van der Waals surface area (Å²) in [6.07, 6.45) is 8.05. The van der Waals surface area contributed by atoms with Gasteiger partial charge in [-0.05, 0) is 37.4 Å². The number of benzene rings is 1. The first-order chi connectivity index (χ1) is 9.81. The molecule has 1 aliphatic carbocycles. The van der Waals surface area contributed by atoms with Crippen LogP contribution in [0.25, 0.3) is 0 Å². The van der Waals surface area contributed by atoms with Gasteiger partial charge >= 0.3 is 0 Å². The van der Waals surface area contributed by atoms with E-state index in [1.807, 2.05) is 12.1 Å². The summed E-state index contributed by atoms with van der Waals surface area (Å²) in [7, 11) is 0. The first-order valence-electron chi connectivity index (χ1n) is 7.89. The highest BCUT2D eigenvalue weighted by atomic mass is 35.5. The highest BCUT2D eigenvalue weighted by molar-refractivity contribution is 7.99. The number of hydrogen-bond donors (Lipinski definition) is 1. The zero-order valence-corrected chi connectivity index (χ0v) is 14.0. The van der Waals surface area contributed by atoms with E-state index >= 15 is 0 Å². The van der Waals surface area contributed by atoms with Crippen LogP contribution < -0.4 is 5.32 Å². The van der Waals surface area contributed by atoms with Gasteiger partial charge in [-0.15, -0.1) is 0 Å². The van der Waals surface area contributed by atoms with Crippen molar-refractivity contribution in [2.24, 2.45) is 0 Å². The largest absolute Gasteiger partial charge is 0.313 e. The second kappa shape index (κ2) is 8.96. The molecule has 20 heavy (non-hydrogen) atoms. The quantitative estimate of drug-likeness (QED) is 0.718. The molecule has 0 radical (unpaired) electrons. The van der Waals surface area contributed by atoms with Gasteiger partial charge in [-0.25, -0.2) is 0 Å². The lowest BCUT2D eigenvalue weighted by Crippen LogP contribution is -2.38. The third-order valence-corrected chi connectivity index (χ3v) is 5.86. The molecule has 1 aliphatic rings. The molecule has 1 saturated carbocycles. The lowest BCUT2D eigenvalue weighted by atomic mass is 10.1. The van der Waals surface area contributed by atoms with E-state index in [2.05, 4.69) is 36.1 Å². The standard InChI is InChI=1S/C17H26ClNS/c1-2-12-19-16-10-4-3-5-11-17(16)20-13-14-8-6-7-9-15(14)18/h6-9,16-17,19H,2-5,10-13H2,1H3. The summed E-state index contributed by atoms with van der Waals surface area (Å²) in [6, 6.07) is 8.93. The molecule has 0 heterocycles. The van der Waals surface area contributed by atoms with Crippen molar-refractivity contribution in [3.63, 3.8) is 0 Å². The first kappa shape index (κ1) is 16.2. The van der Waals surface area contributed by atoms with Crippen LogP contribution in [-0.4, -0.2) is 17.8 Å². The summed E-state index contributed by atoms with van der Waals surface area (Å²) in [5, 5.41) is 5.40. The molecule has 2 rings (SSSR count). The van der Waals surface area contributed by atoms with Gasteiger partial charge in [0.2, 0.25) is 0 Å². The maximum Gasteiger partial charge on any atom is 0.0446 e. The Hall–Kier alpha value is -0.180. The molecule has 1 fully saturated rings. The minimum atomic E-state index is 0.685. The van der Waals surface area contributed by atoms with Crippen LogP contribution in [0.1, 0.15) is 51.0 Å². The average Bonchev–Trinajstić information content (AvgIpc) is 2.69. The third kappa shape index (κ3) is 4.98. The van der Waals surface area contributed by atoms with Crippen molar-refractivity contribution in [2.75, 3.05) is 6.54 Å². The molecule has 1 nitrogen and oxygen atoms in total. The SMILES string of the molecule is CCCNC1CCCCCC1SCc1ccccc1Cl. The van der Waals surface area contributed by atoms with E-state index in [0.29, 0.717) is 6.04 Å². The van der Waals surface area contributed by atoms with Crippen LogP contribution in [-0.2, 0) is 5.75 Å². The van der Waals surface area contributed by atoms with Gasteiger partial charge in [-0.2, -0.15) is 11.8 Å². The molecule has 0 aliphatic heterocycles. The highest BCUT2D eigenvalue weighted by Crippen LogP contribution is 2.31. The smallest absolute Gasteiger partial charge is 0.0446 e. The van der Waals surface area contributed by atoms with Crippen molar-refractivity contribution in [3.05, 3.63) is 34.9 Å². The van der Waals surface area contributed by atoms with Crippen LogP contribution in [0, 0.1) is 0 Å². The van der Waals surface area contributed by atoms with Gasteiger partial charge in [-0.3, -0.25) is 0 Å². The van der Waals surface area contributed by atoms with E-state index in [-0.39, 0.29) is 0 Å². The number of hydrogen-bond acceptors (Lipinski definition) is 2. The maximum atomic E-state index is 6.27. The minimum absolute atomic E-state index is 0.685. The van der Waals surface area contributed by atoms with Crippen molar-refractivity contribution in [1.82, 2.24) is 5.32 Å². The van der Waals surface area contributed by atoms with Gasteiger partial charge in [0.15, 0.2) is 0 Å². The molecule has 2 atom stereocenters. The number of thioether (sulfide) groups is 1. The lowest BCUT2D eigenvalue weighted by molar-refractivity contribution is 0.470. The highest BCUT2D eigenvalue weighted by Gasteiger charge is 2.23. The summed E-state index contributed by atoms with van der Waals surface area (Å²) in [6.45, 7) is 3.39. The third-order valence-electron chi connectivity index (χ3n) is 4.02. The average molecular weight is 312 g/mol. The molecule has 0 spiro atoms. The Morgan fingerprint density at radius 2 is 2.00 bits per heavy atom. The Labute approximate surface area is 132 Å². The molecule has 2 unspecified atom stereocenters. The zero-order chi connectivity index (χ0) is 14.2. The van der Waals surface area contributed by atoms with Crippen LogP contribution in [0.3, 0.4) is 0 Å². The Balaban J connectivity index is 1.91. The minimum Gasteiger partial charge on any atom is -0.313 e. The fraction of sp³-hybridized carbons (Fsp3) is 0.647. The summed E-state index contributed by atoms with van der Waals surface area (Å²) in [4.78, 5) is 0. The Bertz CT molecular complexity index is 396. The summed E-state index contributed by atoms with van der Waals surface area (Å²) in [5.74, 6) is 1.04. The molecular formula is C17H26ClNS. The molecular weight excluding hydrogens is 286 g/mol. The van der Waals surface area contributed by atoms with Gasteiger partial charge in [0.05, 0.1) is 0 Å². The van der Waals surface area contributed by atoms with Crippen LogP contribution in [0.4, 0.5) is 0 Å². The van der Waals surface area contributed by atoms with E-state index in [0.717, 1.165) is 22.6 Å². The van der Waals surface area contributed by atoms with Gasteiger partial charge < -0.3 is 5.32 Å². The lowest BCUT2D eigenvalue weighted by Gasteiger charge is -2.26. The van der Waals surface area contributed by atoms with Crippen LogP contribution in [0.2, 0.25) is 5.02 Å². The summed E-state index contributed by atoms with van der Waals surface area (Å²) in [5.41, 5.74) is 1.28. The van der Waals surface area contributed by atoms with Gasteiger partial charge in [-0.1, -0.05) is 56.0 Å². The Kier molecular flexibility index (Phi) is 7.26. The molecule has 3 heteroatoms. The molecule has 1 aromatic carbocycles. The molecule has 0 bridgehead atoms. The van der Waals surface area contributed by atoms with E-state index in [4.69, 9.17) is 11.6 Å². The second-order valence-electron chi connectivity index (χ2n) is 5.64. The van der Waals surface area contributed by atoms with Crippen LogP contribution >= 0.6 is 23.4 Å². The van der Waals surface area contributed by atoms with E-state index in [9.17, 15) is 0 Å². The normalized spacial score (nSPS) is 23.5. The van der Waals surface area contributed by atoms with Gasteiger partial charge in [0, 0.05) is 22.1 Å². The van der Waals surface area contributed by atoms with E-state index < -0.39 is 0 Å². The first-order valence-corrected chi connectivity index (χ1v) is 9.32. The number of rotatable bonds is 6.